The van der Waals surface area contributed by atoms with Gasteiger partial charge in [0, 0.05) is 25.0 Å². The summed E-state index contributed by atoms with van der Waals surface area (Å²) in [5.74, 6) is -0.455. The lowest BCUT2D eigenvalue weighted by atomic mass is 10.3. The Morgan fingerprint density at radius 3 is 2.74 bits per heavy atom. The van der Waals surface area contributed by atoms with E-state index in [2.05, 4.69) is 15.1 Å². The van der Waals surface area contributed by atoms with E-state index < -0.39 is 5.97 Å². The molecule has 0 saturated carbocycles. The molecule has 0 aliphatic heterocycles. The van der Waals surface area contributed by atoms with Crippen molar-refractivity contribution < 1.29 is 9.53 Å². The summed E-state index contributed by atoms with van der Waals surface area (Å²) in [5, 5.41) is 4.37. The normalized spacial score (nSPS) is 10.7. The molecule has 0 spiro atoms. The number of pyridine rings is 1. The summed E-state index contributed by atoms with van der Waals surface area (Å²) in [5.41, 5.74) is 3.33. The van der Waals surface area contributed by atoms with Gasteiger partial charge in [-0.15, -0.1) is 0 Å². The number of aryl methyl sites for hydroxylation is 2. The zero-order valence-electron chi connectivity index (χ0n) is 13.2. The third kappa shape index (κ3) is 2.98. The van der Waals surface area contributed by atoms with Gasteiger partial charge in [0.2, 0.25) is 0 Å². The van der Waals surface area contributed by atoms with Crippen LogP contribution in [0.4, 0.5) is 0 Å². The van der Waals surface area contributed by atoms with Crippen LogP contribution in [0.5, 0.6) is 0 Å². The quantitative estimate of drug-likeness (QED) is 0.690. The SMILES string of the molecule is CCOC(=O)c1cc(-c2cn(C)cn2)n(-c2ccc(C)nc2)n1. The number of ether oxygens (including phenoxy) is 1. The predicted octanol–water partition coefficient (Wildman–Crippen LogP) is 2.15. The molecule has 0 amide bonds. The standard InChI is InChI=1S/C16H17N5O2/c1-4-23-16(22)13-7-15(14-9-20(3)10-18-14)21(19-13)12-6-5-11(2)17-8-12/h5-10H,4H2,1-3H3. The van der Waals surface area contributed by atoms with E-state index in [4.69, 9.17) is 4.74 Å². The van der Waals surface area contributed by atoms with Crippen molar-refractivity contribution in [2.75, 3.05) is 6.61 Å². The first-order valence-electron chi connectivity index (χ1n) is 7.27. The maximum Gasteiger partial charge on any atom is 0.358 e. The number of aromatic nitrogens is 5. The van der Waals surface area contributed by atoms with E-state index in [0.717, 1.165) is 17.1 Å². The number of carbonyl (C=O) groups excluding carboxylic acids is 1. The lowest BCUT2D eigenvalue weighted by Gasteiger charge is -2.05. The molecule has 3 rings (SSSR count). The second kappa shape index (κ2) is 6.04. The lowest BCUT2D eigenvalue weighted by molar-refractivity contribution is 0.0519. The van der Waals surface area contributed by atoms with E-state index >= 15 is 0 Å². The van der Waals surface area contributed by atoms with E-state index in [9.17, 15) is 4.79 Å². The van der Waals surface area contributed by atoms with Crippen molar-refractivity contribution in [2.45, 2.75) is 13.8 Å². The molecule has 23 heavy (non-hydrogen) atoms. The van der Waals surface area contributed by atoms with E-state index in [1.54, 1.807) is 30.2 Å². The van der Waals surface area contributed by atoms with E-state index in [0.29, 0.717) is 12.3 Å². The molecule has 0 aliphatic rings. The number of hydrogen-bond donors (Lipinski definition) is 0. The molecule has 0 bridgehead atoms. The molecule has 0 aliphatic carbocycles. The molecule has 7 nitrogen and oxygen atoms in total. The van der Waals surface area contributed by atoms with Gasteiger partial charge in [-0.3, -0.25) is 4.98 Å². The third-order valence-corrected chi connectivity index (χ3v) is 3.30. The number of esters is 1. The molecule has 118 valence electrons. The van der Waals surface area contributed by atoms with E-state index in [-0.39, 0.29) is 5.69 Å². The summed E-state index contributed by atoms with van der Waals surface area (Å²) in [7, 11) is 1.89. The van der Waals surface area contributed by atoms with Crippen LogP contribution in [0.25, 0.3) is 17.1 Å². The molecule has 3 heterocycles. The molecule has 3 aromatic rings. The summed E-state index contributed by atoms with van der Waals surface area (Å²) in [4.78, 5) is 20.6. The van der Waals surface area contributed by atoms with Crippen LogP contribution in [0.3, 0.4) is 0 Å². The molecule has 0 aromatic carbocycles. The molecule has 7 heteroatoms. The molecule has 0 N–H and O–H groups in total. The number of carbonyl (C=O) groups is 1. The highest BCUT2D eigenvalue weighted by atomic mass is 16.5. The van der Waals surface area contributed by atoms with Crippen LogP contribution >= 0.6 is 0 Å². The summed E-state index contributed by atoms with van der Waals surface area (Å²) >= 11 is 0. The topological polar surface area (TPSA) is 74.8 Å². The fraction of sp³-hybridized carbons (Fsp3) is 0.250. The van der Waals surface area contributed by atoms with Crippen LogP contribution in [0.15, 0.2) is 36.9 Å². The Kier molecular flexibility index (Phi) is 3.92. The van der Waals surface area contributed by atoms with E-state index in [1.807, 2.05) is 36.9 Å². The first-order chi connectivity index (χ1) is 11.1. The van der Waals surface area contributed by atoms with Gasteiger partial charge in [-0.1, -0.05) is 0 Å². The lowest BCUT2D eigenvalue weighted by Crippen LogP contribution is -2.07. The predicted molar refractivity (Wildman–Crippen MR) is 84.3 cm³/mol. The van der Waals surface area contributed by atoms with Crippen LogP contribution in [-0.4, -0.2) is 36.9 Å². The highest BCUT2D eigenvalue weighted by Gasteiger charge is 2.19. The summed E-state index contributed by atoms with van der Waals surface area (Å²) in [6.45, 7) is 3.98. The average molecular weight is 311 g/mol. The van der Waals surface area contributed by atoms with Gasteiger partial charge in [-0.25, -0.2) is 14.5 Å². The van der Waals surface area contributed by atoms with Gasteiger partial charge in [-0.2, -0.15) is 5.10 Å². The maximum atomic E-state index is 12.0. The molecular weight excluding hydrogens is 294 g/mol. The second-order valence-electron chi connectivity index (χ2n) is 5.13. The van der Waals surface area contributed by atoms with Crippen LogP contribution in [0.1, 0.15) is 23.1 Å². The van der Waals surface area contributed by atoms with Gasteiger partial charge in [0.25, 0.3) is 0 Å². The minimum Gasteiger partial charge on any atom is -0.461 e. The van der Waals surface area contributed by atoms with Crippen LogP contribution in [0, 0.1) is 6.92 Å². The highest BCUT2D eigenvalue weighted by Crippen LogP contribution is 2.22. The van der Waals surface area contributed by atoms with Crippen molar-refractivity contribution in [3.8, 4) is 17.1 Å². The fourth-order valence-electron chi connectivity index (χ4n) is 2.20. The van der Waals surface area contributed by atoms with Crippen molar-refractivity contribution in [1.82, 2.24) is 24.3 Å². The molecule has 0 fully saturated rings. The van der Waals surface area contributed by atoms with Gasteiger partial charge in [-0.05, 0) is 26.0 Å². The Hall–Kier alpha value is -2.96. The zero-order valence-corrected chi connectivity index (χ0v) is 13.2. The minimum atomic E-state index is -0.455. The van der Waals surface area contributed by atoms with Crippen molar-refractivity contribution in [2.24, 2.45) is 7.05 Å². The summed E-state index contributed by atoms with van der Waals surface area (Å²) < 4.78 is 8.53. The van der Waals surface area contributed by atoms with Gasteiger partial charge in [0.05, 0.1) is 30.5 Å². The van der Waals surface area contributed by atoms with Crippen LogP contribution in [-0.2, 0) is 11.8 Å². The van der Waals surface area contributed by atoms with Crippen molar-refractivity contribution >= 4 is 5.97 Å². The Balaban J connectivity index is 2.12. The number of rotatable bonds is 4. The Morgan fingerprint density at radius 1 is 1.30 bits per heavy atom. The Labute approximate surface area is 133 Å². The first-order valence-corrected chi connectivity index (χ1v) is 7.27. The molecular formula is C16H17N5O2. The van der Waals surface area contributed by atoms with Crippen molar-refractivity contribution in [1.29, 1.82) is 0 Å². The molecule has 0 unspecified atom stereocenters. The van der Waals surface area contributed by atoms with Crippen molar-refractivity contribution in [3.63, 3.8) is 0 Å². The number of nitrogens with zero attached hydrogens (tertiary/aromatic N) is 5. The maximum absolute atomic E-state index is 12.0. The smallest absolute Gasteiger partial charge is 0.358 e. The van der Waals surface area contributed by atoms with Crippen LogP contribution in [0.2, 0.25) is 0 Å². The molecule has 0 radical (unpaired) electrons. The minimum absolute atomic E-state index is 0.244. The third-order valence-electron chi connectivity index (χ3n) is 3.30. The van der Waals surface area contributed by atoms with Gasteiger partial charge in [0.15, 0.2) is 5.69 Å². The Morgan fingerprint density at radius 2 is 2.13 bits per heavy atom. The van der Waals surface area contributed by atoms with Crippen LogP contribution < -0.4 is 0 Å². The highest BCUT2D eigenvalue weighted by molar-refractivity contribution is 5.88. The fourth-order valence-corrected chi connectivity index (χ4v) is 2.20. The first kappa shape index (κ1) is 15.0. The average Bonchev–Trinajstić information content (AvgIpc) is 3.14. The van der Waals surface area contributed by atoms with E-state index in [1.165, 1.54) is 0 Å². The summed E-state index contributed by atoms with van der Waals surface area (Å²) in [6.07, 6.45) is 5.28. The van der Waals surface area contributed by atoms with Gasteiger partial charge in [0.1, 0.15) is 5.69 Å². The molecule has 0 atom stereocenters. The zero-order chi connectivity index (χ0) is 16.4. The molecule has 3 aromatic heterocycles. The number of hydrogen-bond acceptors (Lipinski definition) is 5. The summed E-state index contributed by atoms with van der Waals surface area (Å²) in [6, 6.07) is 5.47. The molecule has 0 saturated heterocycles. The number of imidazole rings is 1. The van der Waals surface area contributed by atoms with Gasteiger partial charge >= 0.3 is 5.97 Å². The monoisotopic (exact) mass is 311 g/mol. The van der Waals surface area contributed by atoms with Crippen molar-refractivity contribution in [3.05, 3.63) is 48.3 Å². The Bertz CT molecular complexity index is 833. The largest absolute Gasteiger partial charge is 0.461 e. The second-order valence-corrected chi connectivity index (χ2v) is 5.13. The van der Waals surface area contributed by atoms with Gasteiger partial charge < -0.3 is 9.30 Å².